The van der Waals surface area contributed by atoms with Crippen molar-refractivity contribution in [3.8, 4) is 11.5 Å². The largest absolute Gasteiger partial charge is 0.497 e. The number of hydrogen-bond acceptors (Lipinski definition) is 5. The van der Waals surface area contributed by atoms with Crippen LogP contribution in [0.4, 0.5) is 11.4 Å². The molecule has 39 heavy (non-hydrogen) atoms. The molecule has 5 nitrogen and oxygen atoms in total. The van der Waals surface area contributed by atoms with Gasteiger partial charge >= 0.3 is 0 Å². The van der Waals surface area contributed by atoms with Crippen LogP contribution in [0.25, 0.3) is 0 Å². The first-order valence-electron chi connectivity index (χ1n) is 14.9. The number of anilines is 2. The molecular weight excluding hydrogens is 482 g/mol. The Morgan fingerprint density at radius 2 is 1.67 bits per heavy atom. The fourth-order valence-electron chi connectivity index (χ4n) is 6.08. The molecule has 0 radical (unpaired) electrons. The zero-order valence-corrected chi connectivity index (χ0v) is 23.8. The predicted octanol–water partition coefficient (Wildman–Crippen LogP) is 6.99. The molecule has 1 N–H and O–H groups in total. The van der Waals surface area contributed by atoms with Crippen LogP contribution in [0.3, 0.4) is 0 Å². The molecule has 5 heteroatoms. The third kappa shape index (κ3) is 7.69. The summed E-state index contributed by atoms with van der Waals surface area (Å²) < 4.78 is 11.5. The molecule has 2 fully saturated rings. The zero-order valence-electron chi connectivity index (χ0n) is 23.8. The van der Waals surface area contributed by atoms with E-state index < -0.39 is 0 Å². The van der Waals surface area contributed by atoms with Gasteiger partial charge in [0.25, 0.3) is 0 Å². The quantitative estimate of drug-likeness (QED) is 0.291. The maximum absolute atomic E-state index is 6.06. The molecule has 0 bridgehead atoms. The predicted molar refractivity (Wildman–Crippen MR) is 163 cm³/mol. The number of benzene rings is 3. The van der Waals surface area contributed by atoms with Crippen molar-refractivity contribution in [3.63, 3.8) is 0 Å². The molecule has 208 valence electrons. The van der Waals surface area contributed by atoms with E-state index in [-0.39, 0.29) is 0 Å². The fourth-order valence-corrected chi connectivity index (χ4v) is 6.08. The summed E-state index contributed by atoms with van der Waals surface area (Å²) in [6.07, 6.45) is 7.54. The van der Waals surface area contributed by atoms with E-state index in [9.17, 15) is 0 Å². The maximum Gasteiger partial charge on any atom is 0.120 e. The highest BCUT2D eigenvalue weighted by Gasteiger charge is 2.26. The molecule has 2 saturated heterocycles. The van der Waals surface area contributed by atoms with Gasteiger partial charge in [0.15, 0.2) is 0 Å². The van der Waals surface area contributed by atoms with Crippen LogP contribution in [0.5, 0.6) is 11.5 Å². The number of likely N-dealkylation sites (tertiary alicyclic amines) is 1. The molecule has 2 aliphatic heterocycles. The van der Waals surface area contributed by atoms with E-state index in [1.165, 1.54) is 61.3 Å². The Bertz CT molecular complexity index is 1160. The number of para-hydroxylation sites is 1. The second kappa shape index (κ2) is 13.7. The van der Waals surface area contributed by atoms with Gasteiger partial charge in [-0.3, -0.25) is 4.90 Å². The standard InChI is InChI=1S/C34H45N3O2/c1-27(24-28-14-16-31(17-15-28)39-23-22-36-19-7-3-4-8-20-36)35-34-13-6-5-12-33(34)29-18-21-37(26-29)30-10-9-11-32(25-30)38-2/h5-6,9-17,25,27,29,35H,3-4,7-8,18-24,26H2,1-2H3. The summed E-state index contributed by atoms with van der Waals surface area (Å²) in [6, 6.07) is 26.3. The average molecular weight is 528 g/mol. The van der Waals surface area contributed by atoms with Crippen LogP contribution in [-0.4, -0.2) is 57.4 Å². The molecule has 2 atom stereocenters. The van der Waals surface area contributed by atoms with Crippen molar-refractivity contribution in [2.75, 3.05) is 56.7 Å². The monoisotopic (exact) mass is 527 g/mol. The SMILES string of the molecule is COc1cccc(N2CCC(c3ccccc3NC(C)Cc3ccc(OCCN4CCCCCC4)cc3)C2)c1. The number of ether oxygens (including phenoxy) is 2. The minimum atomic E-state index is 0.330. The molecule has 0 spiro atoms. The summed E-state index contributed by atoms with van der Waals surface area (Å²) in [5.41, 5.74) is 5.25. The Kier molecular flexibility index (Phi) is 9.66. The Morgan fingerprint density at radius 3 is 2.46 bits per heavy atom. The van der Waals surface area contributed by atoms with Gasteiger partial charge in [-0.05, 0) is 87.2 Å². The van der Waals surface area contributed by atoms with Crippen LogP contribution in [0.1, 0.15) is 56.1 Å². The molecule has 2 aliphatic rings. The lowest BCUT2D eigenvalue weighted by Crippen LogP contribution is -2.29. The molecule has 3 aromatic carbocycles. The van der Waals surface area contributed by atoms with Crippen LogP contribution in [-0.2, 0) is 6.42 Å². The molecule has 0 aromatic heterocycles. The molecular formula is C34H45N3O2. The van der Waals surface area contributed by atoms with Crippen molar-refractivity contribution >= 4 is 11.4 Å². The Labute approximate surface area is 235 Å². The molecule has 0 amide bonds. The average Bonchev–Trinajstić information content (AvgIpc) is 3.31. The van der Waals surface area contributed by atoms with Gasteiger partial charge in [0.1, 0.15) is 18.1 Å². The molecule has 0 aliphatic carbocycles. The Hall–Kier alpha value is -3.18. The number of nitrogens with zero attached hydrogens (tertiary/aromatic N) is 2. The van der Waals surface area contributed by atoms with Crippen molar-refractivity contribution in [2.45, 2.75) is 57.4 Å². The zero-order chi connectivity index (χ0) is 26.9. The second-order valence-corrected chi connectivity index (χ2v) is 11.2. The summed E-state index contributed by atoms with van der Waals surface area (Å²) in [6.45, 7) is 8.60. The Morgan fingerprint density at radius 1 is 0.872 bits per heavy atom. The minimum Gasteiger partial charge on any atom is -0.497 e. The first-order chi connectivity index (χ1) is 19.2. The van der Waals surface area contributed by atoms with Gasteiger partial charge in [-0.25, -0.2) is 0 Å². The summed E-state index contributed by atoms with van der Waals surface area (Å²) in [5.74, 6) is 2.40. The van der Waals surface area contributed by atoms with Crippen LogP contribution < -0.4 is 19.7 Å². The van der Waals surface area contributed by atoms with Gasteiger partial charge in [-0.1, -0.05) is 49.2 Å². The van der Waals surface area contributed by atoms with Crippen LogP contribution in [0.2, 0.25) is 0 Å². The lowest BCUT2D eigenvalue weighted by atomic mass is 9.96. The third-order valence-corrected chi connectivity index (χ3v) is 8.25. The van der Waals surface area contributed by atoms with Crippen molar-refractivity contribution in [1.82, 2.24) is 4.90 Å². The second-order valence-electron chi connectivity index (χ2n) is 11.2. The van der Waals surface area contributed by atoms with Gasteiger partial charge in [0, 0.05) is 49.0 Å². The van der Waals surface area contributed by atoms with Crippen LogP contribution in [0, 0.1) is 0 Å². The smallest absolute Gasteiger partial charge is 0.120 e. The summed E-state index contributed by atoms with van der Waals surface area (Å²) in [4.78, 5) is 5.03. The highest BCUT2D eigenvalue weighted by molar-refractivity contribution is 5.57. The lowest BCUT2D eigenvalue weighted by Gasteiger charge is -2.23. The normalized spacial score (nSPS) is 18.9. The topological polar surface area (TPSA) is 37.0 Å². The van der Waals surface area contributed by atoms with Crippen LogP contribution >= 0.6 is 0 Å². The lowest BCUT2D eigenvalue weighted by molar-refractivity contribution is 0.214. The molecule has 2 unspecified atom stereocenters. The molecule has 2 heterocycles. The van der Waals surface area contributed by atoms with Crippen molar-refractivity contribution in [1.29, 1.82) is 0 Å². The first kappa shape index (κ1) is 27.4. The van der Waals surface area contributed by atoms with Gasteiger partial charge in [0.2, 0.25) is 0 Å². The van der Waals surface area contributed by atoms with Gasteiger partial charge in [-0.15, -0.1) is 0 Å². The third-order valence-electron chi connectivity index (χ3n) is 8.25. The number of rotatable bonds is 11. The van der Waals surface area contributed by atoms with Crippen molar-refractivity contribution in [2.24, 2.45) is 0 Å². The van der Waals surface area contributed by atoms with Gasteiger partial charge < -0.3 is 19.7 Å². The van der Waals surface area contributed by atoms with Crippen molar-refractivity contribution in [3.05, 3.63) is 83.9 Å². The number of hydrogen-bond donors (Lipinski definition) is 1. The van der Waals surface area contributed by atoms with Gasteiger partial charge in [-0.2, -0.15) is 0 Å². The van der Waals surface area contributed by atoms with E-state index in [0.717, 1.165) is 50.6 Å². The maximum atomic E-state index is 6.06. The van der Waals surface area contributed by atoms with Crippen LogP contribution in [0.15, 0.2) is 72.8 Å². The molecule has 5 rings (SSSR count). The summed E-state index contributed by atoms with van der Waals surface area (Å²) in [7, 11) is 1.73. The van der Waals surface area contributed by atoms with Gasteiger partial charge in [0.05, 0.1) is 7.11 Å². The number of methoxy groups -OCH3 is 1. The number of nitrogens with one attached hydrogen (secondary N) is 1. The van der Waals surface area contributed by atoms with E-state index in [2.05, 4.69) is 88.8 Å². The van der Waals surface area contributed by atoms with Crippen molar-refractivity contribution < 1.29 is 9.47 Å². The van der Waals surface area contributed by atoms with E-state index >= 15 is 0 Å². The van der Waals surface area contributed by atoms with E-state index in [1.807, 2.05) is 6.07 Å². The first-order valence-corrected chi connectivity index (χ1v) is 14.9. The van der Waals surface area contributed by atoms with E-state index in [4.69, 9.17) is 9.47 Å². The minimum absolute atomic E-state index is 0.330. The van der Waals surface area contributed by atoms with E-state index in [1.54, 1.807) is 7.11 Å². The summed E-state index contributed by atoms with van der Waals surface area (Å²) >= 11 is 0. The van der Waals surface area contributed by atoms with E-state index in [0.29, 0.717) is 12.0 Å². The molecule has 0 saturated carbocycles. The highest BCUT2D eigenvalue weighted by atomic mass is 16.5. The summed E-state index contributed by atoms with van der Waals surface area (Å²) in [5, 5.41) is 3.82. The Balaban J connectivity index is 1.12. The molecule has 3 aromatic rings. The fraction of sp³-hybridized carbons (Fsp3) is 0.471. The highest BCUT2D eigenvalue weighted by Crippen LogP contribution is 2.35.